The molecule has 1 N–H and O–H groups in total. The second-order valence-electron chi connectivity index (χ2n) is 5.83. The lowest BCUT2D eigenvalue weighted by atomic mass is 10.1. The number of rotatable bonds is 2. The Kier molecular flexibility index (Phi) is 3.93. The monoisotopic (exact) mass is 314 g/mol. The van der Waals surface area contributed by atoms with E-state index in [-0.39, 0.29) is 5.82 Å². The zero-order valence-corrected chi connectivity index (χ0v) is 12.9. The smallest absolute Gasteiger partial charge is 0.161 e. The zero-order valence-electron chi connectivity index (χ0n) is 12.9. The molecule has 23 heavy (non-hydrogen) atoms. The second-order valence-corrected chi connectivity index (χ2v) is 5.83. The van der Waals surface area contributed by atoms with Gasteiger partial charge in [0, 0.05) is 30.8 Å². The van der Waals surface area contributed by atoms with Crippen LogP contribution in [-0.2, 0) is 17.7 Å². The first kappa shape index (κ1) is 14.5. The highest BCUT2D eigenvalue weighted by Crippen LogP contribution is 2.28. The number of anilines is 1. The number of hydrogen-bond acceptors (Lipinski definition) is 5. The van der Waals surface area contributed by atoms with E-state index in [1.54, 1.807) is 12.1 Å². The molecule has 0 radical (unpaired) electrons. The van der Waals surface area contributed by atoms with E-state index in [0.29, 0.717) is 5.82 Å². The molecule has 0 atom stereocenters. The van der Waals surface area contributed by atoms with Gasteiger partial charge < -0.3 is 15.0 Å². The van der Waals surface area contributed by atoms with Crippen LogP contribution in [0.4, 0.5) is 10.2 Å². The third kappa shape index (κ3) is 2.92. The third-order valence-electron chi connectivity index (χ3n) is 4.33. The van der Waals surface area contributed by atoms with Gasteiger partial charge in [-0.05, 0) is 37.2 Å². The van der Waals surface area contributed by atoms with Crippen molar-refractivity contribution < 1.29 is 9.13 Å². The van der Waals surface area contributed by atoms with Crippen LogP contribution in [0.5, 0.6) is 0 Å². The maximum atomic E-state index is 13.2. The Morgan fingerprint density at radius 1 is 1.09 bits per heavy atom. The van der Waals surface area contributed by atoms with Gasteiger partial charge in [-0.3, -0.25) is 0 Å². The Morgan fingerprint density at radius 3 is 2.65 bits per heavy atom. The average molecular weight is 314 g/mol. The maximum absolute atomic E-state index is 13.2. The molecule has 0 amide bonds. The van der Waals surface area contributed by atoms with Crippen LogP contribution in [0.1, 0.15) is 11.3 Å². The van der Waals surface area contributed by atoms with E-state index in [2.05, 4.69) is 10.2 Å². The summed E-state index contributed by atoms with van der Waals surface area (Å²) in [6.07, 6.45) is 0.936. The average Bonchev–Trinajstić information content (AvgIpc) is 2.62. The SMILES string of the molecule is Fc1ccc(-c2nc3c(c(N4CCOCC4)n2)CCNC3)cc1. The minimum Gasteiger partial charge on any atom is -0.378 e. The first-order chi connectivity index (χ1) is 11.3. The zero-order chi connectivity index (χ0) is 15.6. The van der Waals surface area contributed by atoms with Crippen molar-refractivity contribution in [1.29, 1.82) is 0 Å². The summed E-state index contributed by atoms with van der Waals surface area (Å²) in [5.41, 5.74) is 3.12. The molecule has 2 aliphatic heterocycles. The highest BCUT2D eigenvalue weighted by atomic mass is 19.1. The molecule has 1 aromatic heterocycles. The molecule has 5 nitrogen and oxygen atoms in total. The molecule has 3 heterocycles. The minimum absolute atomic E-state index is 0.248. The van der Waals surface area contributed by atoms with Crippen molar-refractivity contribution in [3.63, 3.8) is 0 Å². The molecule has 0 bridgehead atoms. The quantitative estimate of drug-likeness (QED) is 0.915. The molecule has 1 fully saturated rings. The summed E-state index contributed by atoms with van der Waals surface area (Å²) in [5, 5.41) is 3.37. The van der Waals surface area contributed by atoms with E-state index in [9.17, 15) is 4.39 Å². The highest BCUT2D eigenvalue weighted by Gasteiger charge is 2.23. The van der Waals surface area contributed by atoms with Crippen LogP contribution < -0.4 is 10.2 Å². The summed E-state index contributed by atoms with van der Waals surface area (Å²) in [5.74, 6) is 1.43. The van der Waals surface area contributed by atoms with Crippen molar-refractivity contribution in [1.82, 2.24) is 15.3 Å². The van der Waals surface area contributed by atoms with Crippen molar-refractivity contribution in [2.24, 2.45) is 0 Å². The standard InChI is InChI=1S/C17H19FN4O/c18-13-3-1-12(2-4-13)16-20-15-11-19-6-5-14(15)17(21-16)22-7-9-23-10-8-22/h1-4,19H,5-11H2. The van der Waals surface area contributed by atoms with Crippen molar-refractivity contribution in [3.05, 3.63) is 41.3 Å². The van der Waals surface area contributed by atoms with Gasteiger partial charge >= 0.3 is 0 Å². The number of aromatic nitrogens is 2. The number of ether oxygens (including phenoxy) is 1. The Hall–Kier alpha value is -2.05. The third-order valence-corrected chi connectivity index (χ3v) is 4.33. The van der Waals surface area contributed by atoms with Crippen molar-refractivity contribution in [3.8, 4) is 11.4 Å². The molecule has 2 aromatic rings. The van der Waals surface area contributed by atoms with Crippen molar-refractivity contribution >= 4 is 5.82 Å². The summed E-state index contributed by atoms with van der Waals surface area (Å²) < 4.78 is 18.6. The van der Waals surface area contributed by atoms with Gasteiger partial charge in [0.15, 0.2) is 5.82 Å². The van der Waals surface area contributed by atoms with Crippen LogP contribution in [-0.4, -0.2) is 42.8 Å². The second kappa shape index (κ2) is 6.22. The lowest BCUT2D eigenvalue weighted by Gasteiger charge is -2.31. The molecule has 0 aliphatic carbocycles. The molecule has 120 valence electrons. The van der Waals surface area contributed by atoms with E-state index in [1.807, 2.05) is 0 Å². The van der Waals surface area contributed by atoms with Gasteiger partial charge in [0.2, 0.25) is 0 Å². The van der Waals surface area contributed by atoms with Crippen LogP contribution in [0.3, 0.4) is 0 Å². The molecular weight excluding hydrogens is 295 g/mol. The van der Waals surface area contributed by atoms with E-state index < -0.39 is 0 Å². The Labute approximate surface area is 134 Å². The van der Waals surface area contributed by atoms with Crippen molar-refractivity contribution in [2.75, 3.05) is 37.7 Å². The summed E-state index contributed by atoms with van der Waals surface area (Å²) >= 11 is 0. The molecular formula is C17H19FN4O. The molecule has 0 spiro atoms. The molecule has 6 heteroatoms. The Morgan fingerprint density at radius 2 is 1.87 bits per heavy atom. The van der Waals surface area contributed by atoms with E-state index >= 15 is 0 Å². The number of benzene rings is 1. The Balaban J connectivity index is 1.79. The van der Waals surface area contributed by atoms with Crippen LogP contribution in [0.2, 0.25) is 0 Å². The van der Waals surface area contributed by atoms with Crippen LogP contribution in [0.15, 0.2) is 24.3 Å². The lowest BCUT2D eigenvalue weighted by Crippen LogP contribution is -2.39. The summed E-state index contributed by atoms with van der Waals surface area (Å²) in [7, 11) is 0. The van der Waals surface area contributed by atoms with Crippen molar-refractivity contribution in [2.45, 2.75) is 13.0 Å². The van der Waals surface area contributed by atoms with Gasteiger partial charge in [0.25, 0.3) is 0 Å². The summed E-state index contributed by atoms with van der Waals surface area (Å²) in [4.78, 5) is 11.8. The number of halogens is 1. The molecule has 1 saturated heterocycles. The number of hydrogen-bond donors (Lipinski definition) is 1. The first-order valence-corrected chi connectivity index (χ1v) is 8.00. The fourth-order valence-electron chi connectivity index (χ4n) is 3.10. The van der Waals surface area contributed by atoms with Gasteiger partial charge in [-0.15, -0.1) is 0 Å². The molecule has 2 aliphatic rings. The van der Waals surface area contributed by atoms with Gasteiger partial charge in [0.1, 0.15) is 11.6 Å². The van der Waals surface area contributed by atoms with E-state index in [0.717, 1.165) is 62.9 Å². The fraction of sp³-hybridized carbons (Fsp3) is 0.412. The number of fused-ring (bicyclic) bond motifs is 1. The molecule has 4 rings (SSSR count). The van der Waals surface area contributed by atoms with Gasteiger partial charge in [-0.2, -0.15) is 0 Å². The fourth-order valence-corrected chi connectivity index (χ4v) is 3.10. The number of nitrogens with zero attached hydrogens (tertiary/aromatic N) is 3. The van der Waals surface area contributed by atoms with E-state index in [4.69, 9.17) is 14.7 Å². The highest BCUT2D eigenvalue weighted by molar-refractivity contribution is 5.61. The maximum Gasteiger partial charge on any atom is 0.161 e. The number of morpholine rings is 1. The van der Waals surface area contributed by atoms with Gasteiger partial charge in [0.05, 0.1) is 18.9 Å². The first-order valence-electron chi connectivity index (χ1n) is 8.00. The Bertz CT molecular complexity index is 698. The summed E-state index contributed by atoms with van der Waals surface area (Å²) in [6, 6.07) is 6.36. The molecule has 0 saturated carbocycles. The topological polar surface area (TPSA) is 50.3 Å². The van der Waals surface area contributed by atoms with Gasteiger partial charge in [-0.1, -0.05) is 0 Å². The largest absolute Gasteiger partial charge is 0.378 e. The van der Waals surface area contributed by atoms with Crippen LogP contribution in [0, 0.1) is 5.82 Å². The van der Waals surface area contributed by atoms with Crippen LogP contribution in [0.25, 0.3) is 11.4 Å². The predicted molar refractivity (Wildman–Crippen MR) is 85.9 cm³/mol. The van der Waals surface area contributed by atoms with E-state index in [1.165, 1.54) is 17.7 Å². The van der Waals surface area contributed by atoms with Gasteiger partial charge in [-0.25, -0.2) is 14.4 Å². The minimum atomic E-state index is -0.248. The molecule has 1 aromatic carbocycles. The lowest BCUT2D eigenvalue weighted by molar-refractivity contribution is 0.122. The molecule has 0 unspecified atom stereocenters. The van der Waals surface area contributed by atoms with Crippen LogP contribution >= 0.6 is 0 Å². The summed E-state index contributed by atoms with van der Waals surface area (Å²) in [6.45, 7) is 4.85. The predicted octanol–water partition coefficient (Wildman–Crippen LogP) is 1.77. The number of nitrogens with one attached hydrogen (secondary N) is 1. The normalized spacial score (nSPS) is 17.9.